The summed E-state index contributed by atoms with van der Waals surface area (Å²) in [7, 11) is 4.03. The number of nitrogens with zero attached hydrogens (tertiary/aromatic N) is 6. The third-order valence-electron chi connectivity index (χ3n) is 4.42. The van der Waals surface area contributed by atoms with Crippen molar-refractivity contribution in [1.82, 2.24) is 34.6 Å². The molecule has 0 radical (unpaired) electrons. The lowest BCUT2D eigenvalue weighted by molar-refractivity contribution is -0.111. The van der Waals surface area contributed by atoms with Gasteiger partial charge in [-0.15, -0.1) is 0 Å². The highest BCUT2D eigenvalue weighted by atomic mass is 16.5. The van der Waals surface area contributed by atoms with Crippen molar-refractivity contribution >= 4 is 34.4 Å². The Hall–Kier alpha value is -4.25. The van der Waals surface area contributed by atoms with Crippen LogP contribution >= 0.6 is 0 Å². The van der Waals surface area contributed by atoms with Crippen molar-refractivity contribution in [3.63, 3.8) is 0 Å². The minimum absolute atomic E-state index is 0.294. The number of nitrogens with one attached hydrogen (secondary N) is 3. The normalized spacial score (nSPS) is 11.0. The minimum Gasteiger partial charge on any atom is -0.437 e. The van der Waals surface area contributed by atoms with E-state index in [2.05, 4.69) is 47.1 Å². The third kappa shape index (κ3) is 5.08. The van der Waals surface area contributed by atoms with Crippen LogP contribution in [0.4, 0.5) is 17.3 Å². The number of amides is 1. The van der Waals surface area contributed by atoms with Crippen LogP contribution in [0.2, 0.25) is 0 Å². The number of aromatic amines is 1. The van der Waals surface area contributed by atoms with Crippen LogP contribution < -0.4 is 15.4 Å². The van der Waals surface area contributed by atoms with Crippen LogP contribution in [-0.4, -0.2) is 61.2 Å². The first kappa shape index (κ1) is 21.0. The van der Waals surface area contributed by atoms with Gasteiger partial charge in [0.05, 0.1) is 24.8 Å². The molecule has 164 valence electrons. The number of carbonyl (C=O) groups excluding carboxylic acids is 1. The molecule has 0 aliphatic heterocycles. The molecule has 3 heterocycles. The van der Waals surface area contributed by atoms with E-state index >= 15 is 0 Å². The largest absolute Gasteiger partial charge is 0.437 e. The van der Waals surface area contributed by atoms with E-state index in [0.29, 0.717) is 34.4 Å². The van der Waals surface area contributed by atoms with Crippen molar-refractivity contribution in [3.8, 4) is 11.6 Å². The smallest absolute Gasteiger partial charge is 0.250 e. The Labute approximate surface area is 184 Å². The Balaban J connectivity index is 1.56. The Morgan fingerprint density at radius 3 is 3.00 bits per heavy atom. The number of hydrogen-bond donors (Lipinski definition) is 3. The van der Waals surface area contributed by atoms with E-state index in [-0.39, 0.29) is 5.91 Å². The molecule has 4 rings (SSSR count). The van der Waals surface area contributed by atoms with Crippen molar-refractivity contribution in [1.29, 1.82) is 0 Å². The first-order valence-electron chi connectivity index (χ1n) is 9.87. The van der Waals surface area contributed by atoms with E-state index in [9.17, 15) is 4.79 Å². The molecule has 0 aliphatic carbocycles. The molecule has 0 atom stereocenters. The van der Waals surface area contributed by atoms with Crippen LogP contribution in [0.25, 0.3) is 11.2 Å². The third-order valence-corrected chi connectivity index (χ3v) is 4.42. The number of aromatic nitrogens is 6. The molecule has 0 bridgehead atoms. The average molecular weight is 433 g/mol. The summed E-state index contributed by atoms with van der Waals surface area (Å²) in [5.74, 6) is 0.798. The number of H-pyrrole nitrogens is 1. The monoisotopic (exact) mass is 433 g/mol. The lowest BCUT2D eigenvalue weighted by Gasteiger charge is -2.10. The quantitative estimate of drug-likeness (QED) is 0.344. The number of carbonyl (C=O) groups is 1. The molecular weight excluding hydrogens is 410 g/mol. The first-order valence-corrected chi connectivity index (χ1v) is 9.87. The Morgan fingerprint density at radius 1 is 1.31 bits per heavy atom. The number of rotatable bonds is 9. The fraction of sp³-hybridized carbons (Fsp3) is 0.190. The zero-order chi connectivity index (χ0) is 22.5. The van der Waals surface area contributed by atoms with Gasteiger partial charge in [-0.25, -0.2) is 4.98 Å². The van der Waals surface area contributed by atoms with Gasteiger partial charge in [0, 0.05) is 24.5 Å². The lowest BCUT2D eigenvalue weighted by atomic mass is 10.3. The summed E-state index contributed by atoms with van der Waals surface area (Å²) in [5, 5.41) is 10.2. The molecule has 11 heteroatoms. The highest BCUT2D eigenvalue weighted by Gasteiger charge is 2.13. The van der Waals surface area contributed by atoms with Crippen molar-refractivity contribution in [2.45, 2.75) is 6.54 Å². The minimum atomic E-state index is -0.308. The van der Waals surface area contributed by atoms with Gasteiger partial charge in [-0.05, 0) is 32.3 Å². The van der Waals surface area contributed by atoms with Gasteiger partial charge in [-0.1, -0.05) is 12.6 Å². The number of imidazole rings is 1. The molecule has 0 fully saturated rings. The number of fused-ring (bicyclic) bond motifs is 1. The second-order valence-electron chi connectivity index (χ2n) is 7.20. The second kappa shape index (κ2) is 9.27. The summed E-state index contributed by atoms with van der Waals surface area (Å²) in [6, 6.07) is 6.96. The SMILES string of the molecule is C=CC(=O)Nc1cccc(Oc2nc(Nc3cnn(CCN(C)C)c3)nc3nc[nH]c23)c1. The summed E-state index contributed by atoms with van der Waals surface area (Å²) in [4.78, 5) is 29.8. The van der Waals surface area contributed by atoms with Gasteiger partial charge in [-0.3, -0.25) is 9.48 Å². The van der Waals surface area contributed by atoms with Gasteiger partial charge in [0.1, 0.15) is 11.3 Å². The zero-order valence-corrected chi connectivity index (χ0v) is 17.7. The van der Waals surface area contributed by atoms with Crippen LogP contribution in [0.3, 0.4) is 0 Å². The van der Waals surface area contributed by atoms with Crippen LogP contribution in [0.15, 0.2) is 55.6 Å². The maximum atomic E-state index is 11.6. The zero-order valence-electron chi connectivity index (χ0n) is 17.7. The number of benzene rings is 1. The predicted molar refractivity (Wildman–Crippen MR) is 121 cm³/mol. The van der Waals surface area contributed by atoms with Crippen LogP contribution in [0.1, 0.15) is 0 Å². The fourth-order valence-corrected chi connectivity index (χ4v) is 2.86. The summed E-state index contributed by atoms with van der Waals surface area (Å²) in [6.45, 7) is 5.09. The molecule has 11 nitrogen and oxygen atoms in total. The van der Waals surface area contributed by atoms with E-state index in [1.54, 1.807) is 30.5 Å². The average Bonchev–Trinajstić information content (AvgIpc) is 3.42. The molecule has 0 saturated heterocycles. The summed E-state index contributed by atoms with van der Waals surface area (Å²) in [5.41, 5.74) is 2.33. The molecule has 4 aromatic rings. The van der Waals surface area contributed by atoms with Gasteiger partial charge in [0.15, 0.2) is 5.65 Å². The Bertz CT molecular complexity index is 1250. The molecule has 3 aromatic heterocycles. The Morgan fingerprint density at radius 2 is 2.19 bits per heavy atom. The van der Waals surface area contributed by atoms with E-state index in [0.717, 1.165) is 18.8 Å². The van der Waals surface area contributed by atoms with Gasteiger partial charge < -0.3 is 25.3 Å². The van der Waals surface area contributed by atoms with Crippen LogP contribution in [0.5, 0.6) is 11.6 Å². The van der Waals surface area contributed by atoms with Crippen molar-refractivity contribution in [3.05, 3.63) is 55.6 Å². The number of hydrogen-bond acceptors (Lipinski definition) is 8. The standard InChI is InChI=1S/C21H23N9O2/c1-4-17(31)25-14-6-5-7-16(10-14)32-20-18-19(23-13-22-18)27-21(28-20)26-15-11-24-30(12-15)9-8-29(2)3/h4-7,10-13H,1,8-9H2,2-3H3,(H,25,31)(H2,22,23,26,27,28). The van der Waals surface area contributed by atoms with E-state index in [1.165, 1.54) is 12.4 Å². The van der Waals surface area contributed by atoms with Gasteiger partial charge >= 0.3 is 0 Å². The summed E-state index contributed by atoms with van der Waals surface area (Å²) >= 11 is 0. The van der Waals surface area contributed by atoms with Gasteiger partial charge in [-0.2, -0.15) is 15.1 Å². The summed E-state index contributed by atoms with van der Waals surface area (Å²) < 4.78 is 7.83. The van der Waals surface area contributed by atoms with E-state index in [4.69, 9.17) is 4.74 Å². The van der Waals surface area contributed by atoms with Crippen molar-refractivity contribution in [2.24, 2.45) is 0 Å². The molecule has 0 unspecified atom stereocenters. The second-order valence-corrected chi connectivity index (χ2v) is 7.20. The van der Waals surface area contributed by atoms with Crippen molar-refractivity contribution in [2.75, 3.05) is 31.3 Å². The Kier molecular flexibility index (Phi) is 6.08. The molecule has 1 amide bonds. The number of likely N-dealkylation sites (N-methyl/N-ethyl adjacent to an activating group) is 1. The topological polar surface area (TPSA) is 126 Å². The molecular formula is C21H23N9O2. The molecule has 3 N–H and O–H groups in total. The molecule has 1 aromatic carbocycles. The first-order chi connectivity index (χ1) is 15.5. The van der Waals surface area contributed by atoms with Gasteiger partial charge in [0.25, 0.3) is 5.88 Å². The predicted octanol–water partition coefficient (Wildman–Crippen LogP) is 2.77. The van der Waals surface area contributed by atoms with E-state index < -0.39 is 0 Å². The highest BCUT2D eigenvalue weighted by Crippen LogP contribution is 2.28. The fourth-order valence-electron chi connectivity index (χ4n) is 2.86. The molecule has 32 heavy (non-hydrogen) atoms. The van der Waals surface area contributed by atoms with Crippen molar-refractivity contribution < 1.29 is 9.53 Å². The maximum absolute atomic E-state index is 11.6. The van der Waals surface area contributed by atoms with Crippen LogP contribution in [0, 0.1) is 0 Å². The maximum Gasteiger partial charge on any atom is 0.250 e. The van der Waals surface area contributed by atoms with E-state index in [1.807, 2.05) is 25.0 Å². The number of ether oxygens (including phenoxy) is 1. The van der Waals surface area contributed by atoms with Gasteiger partial charge in [0.2, 0.25) is 11.9 Å². The molecule has 0 saturated carbocycles. The lowest BCUT2D eigenvalue weighted by Crippen LogP contribution is -2.18. The highest BCUT2D eigenvalue weighted by molar-refractivity contribution is 5.98. The summed E-state index contributed by atoms with van der Waals surface area (Å²) in [6.07, 6.45) is 6.32. The molecule has 0 spiro atoms. The molecule has 0 aliphatic rings. The van der Waals surface area contributed by atoms with Crippen LogP contribution in [-0.2, 0) is 11.3 Å². The number of anilines is 3.